The van der Waals surface area contributed by atoms with Crippen molar-refractivity contribution in [2.45, 2.75) is 32.4 Å². The number of hydrogen-bond donors (Lipinski definition) is 2. The highest BCUT2D eigenvalue weighted by molar-refractivity contribution is 5.79. The Balaban J connectivity index is 1.55. The Labute approximate surface area is 150 Å². The third-order valence-corrected chi connectivity index (χ3v) is 4.72. The van der Waals surface area contributed by atoms with Crippen molar-refractivity contribution in [1.82, 2.24) is 15.5 Å². The van der Waals surface area contributed by atoms with Crippen LogP contribution in [0.5, 0.6) is 0 Å². The van der Waals surface area contributed by atoms with E-state index in [-0.39, 0.29) is 6.04 Å². The van der Waals surface area contributed by atoms with E-state index in [0.717, 1.165) is 37.9 Å². The number of benzene rings is 1. The lowest BCUT2D eigenvalue weighted by atomic mass is 10.1. The van der Waals surface area contributed by atoms with Crippen molar-refractivity contribution in [3.8, 4) is 0 Å². The predicted molar refractivity (Wildman–Crippen MR) is 102 cm³/mol. The fourth-order valence-electron chi connectivity index (χ4n) is 3.25. The quantitative estimate of drug-likeness (QED) is 0.627. The van der Waals surface area contributed by atoms with E-state index in [4.69, 9.17) is 4.42 Å². The van der Waals surface area contributed by atoms with Gasteiger partial charge < -0.3 is 15.1 Å². The molecule has 0 bridgehead atoms. The van der Waals surface area contributed by atoms with Gasteiger partial charge in [-0.15, -0.1) is 0 Å². The van der Waals surface area contributed by atoms with Gasteiger partial charge in [-0.1, -0.05) is 29.8 Å². The molecule has 1 saturated heterocycles. The summed E-state index contributed by atoms with van der Waals surface area (Å²) in [5, 5.41) is 6.84. The van der Waals surface area contributed by atoms with Gasteiger partial charge in [0.25, 0.3) is 0 Å². The van der Waals surface area contributed by atoms with Gasteiger partial charge in [-0.2, -0.15) is 0 Å². The zero-order valence-electron chi connectivity index (χ0n) is 15.2. The zero-order chi connectivity index (χ0) is 17.5. The molecule has 134 valence electrons. The van der Waals surface area contributed by atoms with Crippen LogP contribution in [0.1, 0.15) is 35.8 Å². The molecule has 1 aliphatic rings. The third kappa shape index (κ3) is 4.86. The molecule has 0 amide bonds. The molecule has 0 radical (unpaired) electrons. The zero-order valence-corrected chi connectivity index (χ0v) is 15.2. The molecule has 5 heteroatoms. The van der Waals surface area contributed by atoms with Gasteiger partial charge in [0.1, 0.15) is 5.76 Å². The van der Waals surface area contributed by atoms with Crippen LogP contribution in [-0.4, -0.2) is 37.5 Å². The largest absolute Gasteiger partial charge is 0.468 e. The van der Waals surface area contributed by atoms with E-state index in [9.17, 15) is 0 Å². The van der Waals surface area contributed by atoms with Gasteiger partial charge >= 0.3 is 0 Å². The SMILES string of the molecule is CN=C(NCc1ccc(C)cc1)NCC(c1ccco1)N1CCCC1. The maximum atomic E-state index is 5.67. The van der Waals surface area contributed by atoms with E-state index in [1.807, 2.05) is 13.1 Å². The molecule has 2 N–H and O–H groups in total. The summed E-state index contributed by atoms with van der Waals surface area (Å²) in [6, 6.07) is 12.8. The monoisotopic (exact) mass is 340 g/mol. The number of rotatable bonds is 6. The first-order chi connectivity index (χ1) is 12.3. The fourth-order valence-corrected chi connectivity index (χ4v) is 3.25. The highest BCUT2D eigenvalue weighted by Gasteiger charge is 2.25. The minimum Gasteiger partial charge on any atom is -0.468 e. The average molecular weight is 340 g/mol. The lowest BCUT2D eigenvalue weighted by Gasteiger charge is -2.26. The summed E-state index contributed by atoms with van der Waals surface area (Å²) in [5.41, 5.74) is 2.52. The smallest absolute Gasteiger partial charge is 0.191 e. The molecule has 5 nitrogen and oxygen atoms in total. The highest BCUT2D eigenvalue weighted by Crippen LogP contribution is 2.24. The van der Waals surface area contributed by atoms with E-state index in [1.165, 1.54) is 24.0 Å². The second kappa shape index (κ2) is 8.72. The summed E-state index contributed by atoms with van der Waals surface area (Å²) in [4.78, 5) is 6.83. The number of guanidine groups is 1. The van der Waals surface area contributed by atoms with Crippen molar-refractivity contribution in [3.63, 3.8) is 0 Å². The van der Waals surface area contributed by atoms with Crippen LogP contribution >= 0.6 is 0 Å². The molecule has 0 spiro atoms. The Kier molecular flexibility index (Phi) is 6.12. The number of hydrogen-bond acceptors (Lipinski definition) is 3. The second-order valence-corrected chi connectivity index (χ2v) is 6.57. The lowest BCUT2D eigenvalue weighted by molar-refractivity contribution is 0.215. The van der Waals surface area contributed by atoms with E-state index in [0.29, 0.717) is 0 Å². The number of nitrogens with one attached hydrogen (secondary N) is 2. The Bertz CT molecular complexity index is 658. The fraction of sp³-hybridized carbons (Fsp3) is 0.450. The number of nitrogens with zero attached hydrogens (tertiary/aromatic N) is 2. The number of aryl methyl sites for hydroxylation is 1. The summed E-state index contributed by atoms with van der Waals surface area (Å²) < 4.78 is 5.67. The van der Waals surface area contributed by atoms with Crippen molar-refractivity contribution in [3.05, 3.63) is 59.5 Å². The minimum atomic E-state index is 0.246. The highest BCUT2D eigenvalue weighted by atomic mass is 16.3. The molecule has 1 aliphatic heterocycles. The molecule has 1 aromatic heterocycles. The number of likely N-dealkylation sites (tertiary alicyclic amines) is 1. The Morgan fingerprint density at radius 2 is 1.92 bits per heavy atom. The summed E-state index contributed by atoms with van der Waals surface area (Å²) >= 11 is 0. The maximum Gasteiger partial charge on any atom is 0.191 e. The van der Waals surface area contributed by atoms with Gasteiger partial charge in [-0.05, 0) is 50.6 Å². The van der Waals surface area contributed by atoms with E-state index in [1.54, 1.807) is 6.26 Å². The molecule has 0 saturated carbocycles. The van der Waals surface area contributed by atoms with Gasteiger partial charge in [0.15, 0.2) is 5.96 Å². The normalized spacial score (nSPS) is 16.8. The van der Waals surface area contributed by atoms with E-state index in [2.05, 4.69) is 57.8 Å². The van der Waals surface area contributed by atoms with Crippen LogP contribution in [-0.2, 0) is 6.54 Å². The molecular formula is C20H28N4O. The van der Waals surface area contributed by atoms with Gasteiger partial charge in [0, 0.05) is 20.1 Å². The van der Waals surface area contributed by atoms with Crippen molar-refractivity contribution in [1.29, 1.82) is 0 Å². The van der Waals surface area contributed by atoms with Crippen LogP contribution in [0, 0.1) is 6.92 Å². The standard InChI is InChI=1S/C20H28N4O/c1-16-7-9-17(10-8-16)14-22-20(21-2)23-15-18(19-6-5-13-25-19)24-11-3-4-12-24/h5-10,13,18H,3-4,11-12,14-15H2,1-2H3,(H2,21,22,23). The van der Waals surface area contributed by atoms with Crippen molar-refractivity contribution in [2.24, 2.45) is 4.99 Å². The molecule has 3 rings (SSSR count). The predicted octanol–water partition coefficient (Wildman–Crippen LogP) is 3.09. The molecule has 1 atom stereocenters. The summed E-state index contributed by atoms with van der Waals surface area (Å²) in [6.45, 7) is 5.89. The van der Waals surface area contributed by atoms with Crippen molar-refractivity contribution < 1.29 is 4.42 Å². The van der Waals surface area contributed by atoms with Crippen molar-refractivity contribution in [2.75, 3.05) is 26.7 Å². The van der Waals surface area contributed by atoms with Gasteiger partial charge in [0.2, 0.25) is 0 Å². The topological polar surface area (TPSA) is 52.8 Å². The molecule has 1 fully saturated rings. The van der Waals surface area contributed by atoms with Gasteiger partial charge in [0.05, 0.1) is 12.3 Å². The van der Waals surface area contributed by atoms with Crippen LogP contribution in [0.3, 0.4) is 0 Å². The lowest BCUT2D eigenvalue weighted by Crippen LogP contribution is -2.42. The van der Waals surface area contributed by atoms with Crippen LogP contribution in [0.15, 0.2) is 52.1 Å². The first kappa shape index (κ1) is 17.5. The minimum absolute atomic E-state index is 0.246. The number of furan rings is 1. The maximum absolute atomic E-state index is 5.67. The second-order valence-electron chi connectivity index (χ2n) is 6.57. The summed E-state index contributed by atoms with van der Waals surface area (Å²) in [7, 11) is 1.81. The third-order valence-electron chi connectivity index (χ3n) is 4.72. The van der Waals surface area contributed by atoms with Gasteiger partial charge in [-0.25, -0.2) is 0 Å². The van der Waals surface area contributed by atoms with Crippen molar-refractivity contribution >= 4 is 5.96 Å². The molecule has 1 unspecified atom stereocenters. The molecular weight excluding hydrogens is 312 g/mol. The summed E-state index contributed by atoms with van der Waals surface area (Å²) in [5.74, 6) is 1.83. The molecule has 2 aromatic rings. The first-order valence-corrected chi connectivity index (χ1v) is 9.04. The average Bonchev–Trinajstić information content (AvgIpc) is 3.33. The Morgan fingerprint density at radius 1 is 1.16 bits per heavy atom. The van der Waals surface area contributed by atoms with Crippen LogP contribution in [0.4, 0.5) is 0 Å². The molecule has 2 heterocycles. The molecule has 0 aliphatic carbocycles. The van der Waals surface area contributed by atoms with Crippen LogP contribution < -0.4 is 10.6 Å². The van der Waals surface area contributed by atoms with E-state index >= 15 is 0 Å². The molecule has 1 aromatic carbocycles. The summed E-state index contributed by atoms with van der Waals surface area (Å²) in [6.07, 6.45) is 4.28. The van der Waals surface area contributed by atoms with Crippen LogP contribution in [0.2, 0.25) is 0 Å². The first-order valence-electron chi connectivity index (χ1n) is 9.04. The number of aliphatic imine (C=N–C) groups is 1. The Morgan fingerprint density at radius 3 is 2.56 bits per heavy atom. The Hall–Kier alpha value is -2.27. The van der Waals surface area contributed by atoms with Gasteiger partial charge in [-0.3, -0.25) is 9.89 Å². The van der Waals surface area contributed by atoms with Crippen LogP contribution in [0.25, 0.3) is 0 Å². The molecule has 25 heavy (non-hydrogen) atoms. The van der Waals surface area contributed by atoms with E-state index < -0.39 is 0 Å².